The first-order chi connectivity index (χ1) is 24.4. The summed E-state index contributed by atoms with van der Waals surface area (Å²) in [5, 5.41) is 8.35. The number of carbonyl (C=O) groups is 5. The molecule has 11 nitrogen and oxygen atoms in total. The predicted octanol–water partition coefficient (Wildman–Crippen LogP) is 6.03. The first-order valence-corrected chi connectivity index (χ1v) is 17.9. The highest BCUT2D eigenvalue weighted by molar-refractivity contribution is 8.00. The molecule has 264 valence electrons. The zero-order chi connectivity index (χ0) is 36.7. The number of nitrogens with one attached hydrogen (secondary N) is 3. The van der Waals surface area contributed by atoms with Crippen molar-refractivity contribution in [2.24, 2.45) is 0 Å². The van der Waals surface area contributed by atoms with Crippen LogP contribution in [0.4, 0.5) is 16.4 Å². The highest BCUT2D eigenvalue weighted by atomic mass is 32.2. The average Bonchev–Trinajstić information content (AvgIpc) is 3.48. The number of thioether (sulfide) groups is 1. The van der Waals surface area contributed by atoms with E-state index < -0.39 is 23.0 Å². The second kappa shape index (κ2) is 16.5. The number of esters is 1. The van der Waals surface area contributed by atoms with Gasteiger partial charge in [-0.15, -0.1) is 23.1 Å². The van der Waals surface area contributed by atoms with Gasteiger partial charge in [-0.25, -0.2) is 4.79 Å². The van der Waals surface area contributed by atoms with Gasteiger partial charge in [0.25, 0.3) is 11.8 Å². The van der Waals surface area contributed by atoms with Crippen LogP contribution in [-0.4, -0.2) is 67.5 Å². The van der Waals surface area contributed by atoms with Crippen LogP contribution in [0.25, 0.3) is 6.08 Å². The van der Waals surface area contributed by atoms with E-state index >= 15 is 0 Å². The molecular weight excluding hydrogens is 687 g/mol. The van der Waals surface area contributed by atoms with Crippen molar-refractivity contribution in [3.63, 3.8) is 0 Å². The predicted molar refractivity (Wildman–Crippen MR) is 202 cm³/mol. The molecule has 1 aromatic heterocycles. The Morgan fingerprint density at radius 3 is 2.35 bits per heavy atom. The van der Waals surface area contributed by atoms with E-state index in [1.807, 2.05) is 49.3 Å². The highest BCUT2D eigenvalue weighted by Gasteiger charge is 2.31. The summed E-state index contributed by atoms with van der Waals surface area (Å²) in [5.74, 6) is -1.87. The molecule has 1 atom stereocenters. The molecule has 1 aliphatic rings. The molecule has 2 heterocycles. The van der Waals surface area contributed by atoms with E-state index in [1.54, 1.807) is 66.4 Å². The van der Waals surface area contributed by atoms with E-state index in [-0.39, 0.29) is 17.5 Å². The van der Waals surface area contributed by atoms with Crippen molar-refractivity contribution in [1.82, 2.24) is 10.2 Å². The van der Waals surface area contributed by atoms with Crippen LogP contribution >= 0.6 is 23.1 Å². The van der Waals surface area contributed by atoms with E-state index in [9.17, 15) is 24.0 Å². The summed E-state index contributed by atoms with van der Waals surface area (Å²) in [5.41, 5.74) is 3.76. The second-order valence-corrected chi connectivity index (χ2v) is 14.5. The zero-order valence-corrected chi connectivity index (χ0v) is 30.6. The number of nitrogens with zero attached hydrogens (tertiary/aromatic N) is 2. The van der Waals surface area contributed by atoms with Crippen molar-refractivity contribution >= 4 is 75.1 Å². The van der Waals surface area contributed by atoms with E-state index in [0.29, 0.717) is 46.2 Å². The molecule has 13 heteroatoms. The number of anilines is 3. The lowest BCUT2D eigenvalue weighted by Gasteiger charge is -2.25. The average molecular weight is 726 g/mol. The van der Waals surface area contributed by atoms with Crippen LogP contribution in [0, 0.1) is 0 Å². The molecule has 5 rings (SSSR count). The number of benzene rings is 3. The van der Waals surface area contributed by atoms with Gasteiger partial charge in [0.15, 0.2) is 0 Å². The minimum Gasteiger partial charge on any atom is -0.465 e. The third-order valence-electron chi connectivity index (χ3n) is 8.15. The first-order valence-electron chi connectivity index (χ1n) is 16.2. The number of hydrogen-bond donors (Lipinski definition) is 3. The number of ether oxygens (including phenoxy) is 1. The van der Waals surface area contributed by atoms with Gasteiger partial charge in [-0.05, 0) is 73.0 Å². The Bertz CT molecular complexity index is 1970. The van der Waals surface area contributed by atoms with Crippen LogP contribution in [0.2, 0.25) is 0 Å². The number of methoxy groups -OCH3 is 1. The van der Waals surface area contributed by atoms with E-state index in [4.69, 9.17) is 4.74 Å². The maximum absolute atomic E-state index is 13.6. The van der Waals surface area contributed by atoms with Gasteiger partial charge in [0.1, 0.15) is 10.7 Å². The van der Waals surface area contributed by atoms with Gasteiger partial charge in [0.05, 0.1) is 24.5 Å². The van der Waals surface area contributed by atoms with Gasteiger partial charge in [0.2, 0.25) is 11.8 Å². The zero-order valence-electron chi connectivity index (χ0n) is 28.9. The summed E-state index contributed by atoms with van der Waals surface area (Å²) in [6.07, 6.45) is 2.10. The molecule has 1 aliphatic heterocycles. The van der Waals surface area contributed by atoms with Gasteiger partial charge in [-0.3, -0.25) is 19.2 Å². The second-order valence-electron chi connectivity index (χ2n) is 12.0. The van der Waals surface area contributed by atoms with Gasteiger partial charge in [-0.2, -0.15) is 0 Å². The van der Waals surface area contributed by atoms with Crippen LogP contribution in [0.3, 0.4) is 0 Å². The summed E-state index contributed by atoms with van der Waals surface area (Å²) in [7, 11) is 5.17. The third kappa shape index (κ3) is 9.24. The number of carbonyl (C=O) groups excluding carboxylic acids is 5. The molecule has 0 saturated carbocycles. The van der Waals surface area contributed by atoms with Crippen LogP contribution < -0.4 is 20.9 Å². The fourth-order valence-corrected chi connectivity index (χ4v) is 7.55. The Morgan fingerprint density at radius 1 is 0.961 bits per heavy atom. The number of hydrogen-bond acceptors (Lipinski definition) is 9. The molecule has 0 fully saturated rings. The van der Waals surface area contributed by atoms with Crippen molar-refractivity contribution in [3.05, 3.63) is 112 Å². The monoisotopic (exact) mass is 725 g/mol. The van der Waals surface area contributed by atoms with E-state index in [0.717, 1.165) is 21.7 Å². The fourth-order valence-electron chi connectivity index (χ4n) is 5.37. The number of thiophene rings is 1. The van der Waals surface area contributed by atoms with Crippen LogP contribution in [-0.2, 0) is 32.1 Å². The largest absolute Gasteiger partial charge is 0.465 e. The van der Waals surface area contributed by atoms with Crippen LogP contribution in [0.1, 0.15) is 50.6 Å². The summed E-state index contributed by atoms with van der Waals surface area (Å²) in [6.45, 7) is 4.10. The van der Waals surface area contributed by atoms with Crippen molar-refractivity contribution < 1.29 is 28.7 Å². The Morgan fingerprint density at radius 2 is 1.69 bits per heavy atom. The topological polar surface area (TPSA) is 137 Å². The minimum atomic E-state index is -0.583. The molecule has 4 amide bonds. The quantitative estimate of drug-likeness (QED) is 0.0969. The lowest BCUT2D eigenvalue weighted by atomic mass is 10.0. The molecule has 0 bridgehead atoms. The maximum atomic E-state index is 13.6. The molecule has 3 aromatic carbocycles. The molecule has 4 aromatic rings. The van der Waals surface area contributed by atoms with Crippen molar-refractivity contribution in [3.8, 4) is 0 Å². The van der Waals surface area contributed by atoms with Gasteiger partial charge in [0, 0.05) is 54.3 Å². The summed E-state index contributed by atoms with van der Waals surface area (Å²) >= 11 is 2.55. The van der Waals surface area contributed by atoms with Gasteiger partial charge >= 0.3 is 5.97 Å². The molecule has 1 unspecified atom stereocenters. The standard InChI is InChI=1S/C38H39N5O6S2/c1-23(34(45)41-37-33(38(48)49-5)30-18-19-43(24(2)44)22-32(30)51-37)50-29-13-9-12-27(21-29)39-36(47)31(40-35(46)26-10-7-6-8-11-26)20-25-14-16-28(17-15-25)42(3)4/h6-17,20-21,23H,18-19,22H2,1-5H3,(H,39,47)(H,40,46)(H,41,45)/b31-20+. The fraction of sp³-hybridized carbons (Fsp3) is 0.237. The van der Waals surface area contributed by atoms with E-state index in [2.05, 4.69) is 16.0 Å². The van der Waals surface area contributed by atoms with Gasteiger partial charge < -0.3 is 30.5 Å². The smallest absolute Gasteiger partial charge is 0.341 e. The lowest BCUT2D eigenvalue weighted by Crippen LogP contribution is -2.33. The lowest BCUT2D eigenvalue weighted by molar-refractivity contribution is -0.129. The number of amides is 4. The Hall–Kier alpha value is -5.40. The molecule has 0 saturated heterocycles. The third-order valence-corrected chi connectivity index (χ3v) is 10.4. The van der Waals surface area contributed by atoms with Crippen LogP contribution in [0.15, 0.2) is 89.5 Å². The van der Waals surface area contributed by atoms with Crippen molar-refractivity contribution in [1.29, 1.82) is 0 Å². The molecule has 0 aliphatic carbocycles. The highest BCUT2D eigenvalue weighted by Crippen LogP contribution is 2.38. The van der Waals surface area contributed by atoms with Crippen molar-refractivity contribution in [2.45, 2.75) is 37.0 Å². The number of rotatable bonds is 11. The minimum absolute atomic E-state index is 0.0539. The Balaban J connectivity index is 1.30. The summed E-state index contributed by atoms with van der Waals surface area (Å²) in [6, 6.07) is 23.3. The first kappa shape index (κ1) is 36.9. The van der Waals surface area contributed by atoms with Crippen LogP contribution in [0.5, 0.6) is 0 Å². The Labute approximate surface area is 305 Å². The van der Waals surface area contributed by atoms with Gasteiger partial charge in [-0.1, -0.05) is 36.4 Å². The molecule has 0 radical (unpaired) electrons. The molecule has 3 N–H and O–H groups in total. The summed E-state index contributed by atoms with van der Waals surface area (Å²) < 4.78 is 5.03. The normalized spacial score (nSPS) is 13.0. The van der Waals surface area contributed by atoms with E-state index in [1.165, 1.54) is 37.1 Å². The van der Waals surface area contributed by atoms with Crippen molar-refractivity contribution in [2.75, 3.05) is 43.3 Å². The maximum Gasteiger partial charge on any atom is 0.341 e. The Kier molecular flexibility index (Phi) is 12.0. The summed E-state index contributed by atoms with van der Waals surface area (Å²) in [4.78, 5) is 70.0. The molecule has 51 heavy (non-hydrogen) atoms. The SMILES string of the molecule is COC(=O)c1c(NC(=O)C(C)Sc2cccc(NC(=O)/C(=C\c3ccc(N(C)C)cc3)NC(=O)c3ccccc3)c2)sc2c1CCN(C(C)=O)C2. The number of fused-ring (bicyclic) bond motifs is 1. The molecule has 0 spiro atoms. The molecular formula is C38H39N5O6S2.